The molecule has 1 N–H and O–H groups in total. The van der Waals surface area contributed by atoms with Crippen molar-refractivity contribution in [2.24, 2.45) is 0 Å². The average molecular weight is 271 g/mol. The van der Waals surface area contributed by atoms with Gasteiger partial charge in [-0.3, -0.25) is 0 Å². The third kappa shape index (κ3) is 2.31. The lowest BCUT2D eigenvalue weighted by atomic mass is 10.1. The number of halogens is 2. The topological polar surface area (TPSA) is 28.4 Å². The molecule has 3 nitrogen and oxygen atoms in total. The second-order valence-electron chi connectivity index (χ2n) is 4.57. The van der Waals surface area contributed by atoms with Gasteiger partial charge >= 0.3 is 0 Å². The summed E-state index contributed by atoms with van der Waals surface area (Å²) in [5, 5.41) is 4.20. The number of hydrogen-bond acceptors (Lipinski definition) is 3. The van der Waals surface area contributed by atoms with E-state index in [1.165, 1.54) is 6.26 Å². The van der Waals surface area contributed by atoms with Crippen LogP contribution < -0.4 is 10.2 Å². The second kappa shape index (κ2) is 5.16. The van der Waals surface area contributed by atoms with E-state index in [0.29, 0.717) is 11.6 Å². The second-order valence-corrected chi connectivity index (χ2v) is 4.57. The van der Waals surface area contributed by atoms with E-state index >= 15 is 0 Å². The molecule has 3 rings (SSSR count). The van der Waals surface area contributed by atoms with Gasteiger partial charge in [0.1, 0.15) is 0 Å². The highest BCUT2D eigenvalue weighted by atomic mass is 35.5. The fraction of sp³-hybridized carbons (Fsp3) is 0.385. The number of rotatable bonds is 1. The van der Waals surface area contributed by atoms with Crippen molar-refractivity contribution in [2.75, 3.05) is 24.5 Å². The van der Waals surface area contributed by atoms with E-state index in [4.69, 9.17) is 4.42 Å². The molecule has 1 aliphatic rings. The summed E-state index contributed by atoms with van der Waals surface area (Å²) in [5.41, 5.74) is 1.28. The highest BCUT2D eigenvalue weighted by Gasteiger charge is 2.17. The van der Waals surface area contributed by atoms with Crippen LogP contribution in [0.1, 0.15) is 6.92 Å². The fourth-order valence-electron chi connectivity index (χ4n) is 2.37. The molecule has 0 bridgehead atoms. The molecule has 1 atom stereocenters. The molecule has 18 heavy (non-hydrogen) atoms. The van der Waals surface area contributed by atoms with Crippen molar-refractivity contribution in [1.29, 1.82) is 0 Å². The van der Waals surface area contributed by atoms with Crippen molar-refractivity contribution < 1.29 is 8.81 Å². The number of piperazine rings is 1. The van der Waals surface area contributed by atoms with E-state index in [-0.39, 0.29) is 18.2 Å². The van der Waals surface area contributed by atoms with Gasteiger partial charge in [-0.25, -0.2) is 4.39 Å². The standard InChI is InChI=1S/C13H15FN2O.ClH/c1-9-8-16(4-3-15-9)11-6-10-2-5-17-13(10)12(14)7-11;/h2,5-7,9,15H,3-4,8H2,1H3;1H/t9-;/m0./s1. The Kier molecular flexibility index (Phi) is 3.78. The number of anilines is 1. The lowest BCUT2D eigenvalue weighted by Gasteiger charge is -2.33. The van der Waals surface area contributed by atoms with E-state index in [2.05, 4.69) is 17.1 Å². The van der Waals surface area contributed by atoms with Crippen LogP contribution in [0.4, 0.5) is 10.1 Å². The molecule has 98 valence electrons. The Hall–Kier alpha value is -1.26. The highest BCUT2D eigenvalue weighted by molar-refractivity contribution is 5.85. The van der Waals surface area contributed by atoms with E-state index in [1.54, 1.807) is 12.1 Å². The maximum atomic E-state index is 13.8. The first-order valence-electron chi connectivity index (χ1n) is 5.89. The third-order valence-electron chi connectivity index (χ3n) is 3.22. The number of nitrogens with one attached hydrogen (secondary N) is 1. The van der Waals surface area contributed by atoms with Crippen LogP contribution >= 0.6 is 12.4 Å². The van der Waals surface area contributed by atoms with Crippen LogP contribution in [0.3, 0.4) is 0 Å². The van der Waals surface area contributed by atoms with Crippen molar-refractivity contribution in [3.8, 4) is 0 Å². The minimum absolute atomic E-state index is 0. The van der Waals surface area contributed by atoms with E-state index < -0.39 is 0 Å². The molecule has 2 heterocycles. The zero-order chi connectivity index (χ0) is 11.8. The Labute approximate surface area is 111 Å². The molecular weight excluding hydrogens is 255 g/mol. The zero-order valence-electron chi connectivity index (χ0n) is 10.1. The summed E-state index contributed by atoms with van der Waals surface area (Å²) in [4.78, 5) is 2.21. The number of nitrogens with zero attached hydrogens (tertiary/aromatic N) is 1. The summed E-state index contributed by atoms with van der Waals surface area (Å²) < 4.78 is 18.9. The molecule has 1 aromatic carbocycles. The third-order valence-corrected chi connectivity index (χ3v) is 3.22. The zero-order valence-corrected chi connectivity index (χ0v) is 11.0. The van der Waals surface area contributed by atoms with Gasteiger partial charge in [0, 0.05) is 42.8 Å². The van der Waals surface area contributed by atoms with Gasteiger partial charge in [0.2, 0.25) is 0 Å². The first-order valence-corrected chi connectivity index (χ1v) is 5.89. The molecule has 0 saturated carbocycles. The number of fused-ring (bicyclic) bond motifs is 1. The first kappa shape index (κ1) is 13.2. The van der Waals surface area contributed by atoms with Crippen LogP contribution in [0.2, 0.25) is 0 Å². The normalized spacial score (nSPS) is 19.9. The predicted molar refractivity (Wildman–Crippen MR) is 73.1 cm³/mol. The summed E-state index contributed by atoms with van der Waals surface area (Å²) >= 11 is 0. The molecule has 5 heteroatoms. The first-order chi connectivity index (χ1) is 8.24. The SMILES string of the molecule is C[C@H]1CN(c2cc(F)c3occc3c2)CCN1.Cl. The number of hydrogen-bond donors (Lipinski definition) is 1. The molecule has 0 radical (unpaired) electrons. The Morgan fingerprint density at radius 1 is 1.44 bits per heavy atom. The summed E-state index contributed by atoms with van der Waals surface area (Å²) in [6, 6.07) is 5.78. The Balaban J connectivity index is 0.00000120. The van der Waals surface area contributed by atoms with Crippen molar-refractivity contribution in [3.05, 3.63) is 30.3 Å². The smallest absolute Gasteiger partial charge is 0.169 e. The molecule has 0 amide bonds. The van der Waals surface area contributed by atoms with Crippen molar-refractivity contribution >= 4 is 29.1 Å². The molecule has 1 fully saturated rings. The van der Waals surface area contributed by atoms with Gasteiger partial charge in [-0.1, -0.05) is 0 Å². The quantitative estimate of drug-likeness (QED) is 0.864. The van der Waals surface area contributed by atoms with Gasteiger partial charge in [-0.15, -0.1) is 12.4 Å². The Morgan fingerprint density at radius 3 is 3.06 bits per heavy atom. The maximum absolute atomic E-state index is 13.8. The van der Waals surface area contributed by atoms with E-state index in [1.807, 2.05) is 6.07 Å². The minimum atomic E-state index is -0.284. The number of benzene rings is 1. The van der Waals surface area contributed by atoms with E-state index in [9.17, 15) is 4.39 Å². The van der Waals surface area contributed by atoms with Crippen LogP contribution in [0.25, 0.3) is 11.0 Å². The van der Waals surface area contributed by atoms with Crippen LogP contribution in [0, 0.1) is 5.82 Å². The van der Waals surface area contributed by atoms with Crippen LogP contribution in [0.15, 0.2) is 28.9 Å². The maximum Gasteiger partial charge on any atom is 0.169 e. The van der Waals surface area contributed by atoms with Gasteiger partial charge in [-0.05, 0) is 19.1 Å². The Bertz CT molecular complexity index is 543. The van der Waals surface area contributed by atoms with Gasteiger partial charge < -0.3 is 14.6 Å². The summed E-state index contributed by atoms with van der Waals surface area (Å²) in [6.07, 6.45) is 1.53. The van der Waals surface area contributed by atoms with Gasteiger partial charge in [0.15, 0.2) is 11.4 Å². The molecule has 0 unspecified atom stereocenters. The van der Waals surface area contributed by atoms with Crippen LogP contribution in [0.5, 0.6) is 0 Å². The van der Waals surface area contributed by atoms with Crippen LogP contribution in [-0.2, 0) is 0 Å². The average Bonchev–Trinajstić information content (AvgIpc) is 2.77. The van der Waals surface area contributed by atoms with Gasteiger partial charge in [0.05, 0.1) is 6.26 Å². The molecule has 2 aromatic rings. The largest absolute Gasteiger partial charge is 0.461 e. The molecule has 0 spiro atoms. The molecule has 1 aromatic heterocycles. The predicted octanol–water partition coefficient (Wildman–Crippen LogP) is 2.79. The van der Waals surface area contributed by atoms with Crippen molar-refractivity contribution in [2.45, 2.75) is 13.0 Å². The summed E-state index contributed by atoms with van der Waals surface area (Å²) in [5.74, 6) is -0.284. The fourth-order valence-corrected chi connectivity index (χ4v) is 2.37. The molecule has 1 saturated heterocycles. The van der Waals surface area contributed by atoms with Crippen molar-refractivity contribution in [1.82, 2.24) is 5.32 Å². The highest BCUT2D eigenvalue weighted by Crippen LogP contribution is 2.26. The Morgan fingerprint density at radius 2 is 2.28 bits per heavy atom. The molecule has 1 aliphatic heterocycles. The number of furan rings is 1. The van der Waals surface area contributed by atoms with E-state index in [0.717, 1.165) is 30.7 Å². The lowest BCUT2D eigenvalue weighted by Crippen LogP contribution is -2.49. The summed E-state index contributed by atoms with van der Waals surface area (Å²) in [6.45, 7) is 4.89. The monoisotopic (exact) mass is 270 g/mol. The summed E-state index contributed by atoms with van der Waals surface area (Å²) in [7, 11) is 0. The lowest BCUT2D eigenvalue weighted by molar-refractivity contribution is 0.484. The van der Waals surface area contributed by atoms with Gasteiger partial charge in [0.25, 0.3) is 0 Å². The molecular formula is C13H16ClFN2O. The van der Waals surface area contributed by atoms with Gasteiger partial charge in [-0.2, -0.15) is 0 Å². The van der Waals surface area contributed by atoms with Crippen molar-refractivity contribution in [3.63, 3.8) is 0 Å². The molecule has 0 aliphatic carbocycles. The van der Waals surface area contributed by atoms with Crippen LogP contribution in [-0.4, -0.2) is 25.7 Å². The minimum Gasteiger partial charge on any atom is -0.461 e.